The summed E-state index contributed by atoms with van der Waals surface area (Å²) in [5, 5.41) is 6.02. The largest absolute Gasteiger partial charge is 0.378 e. The maximum absolute atomic E-state index is 12.5. The maximum atomic E-state index is 12.5. The Morgan fingerprint density at radius 1 is 1.35 bits per heavy atom. The number of hydrogen-bond donors (Lipinski definition) is 2. The highest BCUT2D eigenvalue weighted by atomic mass is 32.2. The van der Waals surface area contributed by atoms with E-state index in [1.807, 2.05) is 0 Å². The zero-order valence-electron chi connectivity index (χ0n) is 12.8. The highest BCUT2D eigenvalue weighted by Crippen LogP contribution is 2.22. The van der Waals surface area contributed by atoms with Crippen LogP contribution >= 0.6 is 0 Å². The number of sulfonamides is 1. The lowest BCUT2D eigenvalue weighted by Crippen LogP contribution is -2.46. The molecule has 0 saturated carbocycles. The number of piperidine rings is 1. The second kappa shape index (κ2) is 8.32. The summed E-state index contributed by atoms with van der Waals surface area (Å²) in [6.45, 7) is 2.48. The van der Waals surface area contributed by atoms with Gasteiger partial charge in [-0.15, -0.1) is 0 Å². The van der Waals surface area contributed by atoms with Crippen LogP contribution in [-0.2, 0) is 19.6 Å². The number of hydrogen-bond acceptors (Lipinski definition) is 5. The molecule has 2 rings (SSSR count). The summed E-state index contributed by atoms with van der Waals surface area (Å²) >= 11 is 0. The van der Waals surface area contributed by atoms with E-state index in [1.54, 1.807) is 0 Å². The van der Waals surface area contributed by atoms with Gasteiger partial charge in [-0.25, -0.2) is 8.42 Å². The fraction of sp³-hybridized carbons (Fsp3) is 0.923. The van der Waals surface area contributed by atoms with Crippen molar-refractivity contribution >= 4 is 15.9 Å². The summed E-state index contributed by atoms with van der Waals surface area (Å²) in [5.41, 5.74) is 0. The molecule has 0 aromatic carbocycles. The molecule has 0 aromatic heterocycles. The minimum Gasteiger partial charge on any atom is -0.378 e. The average molecular weight is 355 g/mol. The predicted octanol–water partition coefficient (Wildman–Crippen LogP) is -0.254. The molecule has 2 heterocycles. The van der Waals surface area contributed by atoms with Gasteiger partial charge in [-0.05, 0) is 18.8 Å². The number of amides is 1. The second-order valence-corrected chi connectivity index (χ2v) is 7.78. The van der Waals surface area contributed by atoms with Gasteiger partial charge in [0.1, 0.15) is 0 Å². The first kappa shape index (κ1) is 18.5. The van der Waals surface area contributed by atoms with Crippen LogP contribution in [-0.4, -0.2) is 69.8 Å². The minimum atomic E-state index is -4.48. The van der Waals surface area contributed by atoms with Crippen molar-refractivity contribution in [1.29, 1.82) is 0 Å². The molecule has 0 aliphatic carbocycles. The number of nitrogens with zero attached hydrogens (tertiary/aromatic N) is 1. The molecule has 0 spiro atoms. The molecule has 0 aromatic rings. The van der Waals surface area contributed by atoms with E-state index in [4.69, 9.17) is 4.74 Å². The normalized spacial score (nSPS) is 24.7. The van der Waals surface area contributed by atoms with Crippen molar-refractivity contribution < 1.29 is 26.7 Å². The smallest absolute Gasteiger partial charge is 0.350 e. The van der Waals surface area contributed by atoms with Crippen molar-refractivity contribution in [3.63, 3.8) is 0 Å². The van der Waals surface area contributed by atoms with E-state index in [-0.39, 0.29) is 31.0 Å². The maximum Gasteiger partial charge on any atom is 0.350 e. The Morgan fingerprint density at radius 3 is 2.61 bits per heavy atom. The Morgan fingerprint density at radius 2 is 2.04 bits per heavy atom. The van der Waals surface area contributed by atoms with Crippen LogP contribution in [0.4, 0.5) is 8.78 Å². The summed E-state index contributed by atoms with van der Waals surface area (Å²) in [4.78, 5) is 11.9. The summed E-state index contributed by atoms with van der Waals surface area (Å²) < 4.78 is 53.8. The van der Waals surface area contributed by atoms with Crippen LogP contribution in [0.15, 0.2) is 0 Å². The van der Waals surface area contributed by atoms with E-state index in [0.717, 1.165) is 10.8 Å². The molecule has 1 amide bonds. The van der Waals surface area contributed by atoms with Gasteiger partial charge >= 0.3 is 5.76 Å². The standard InChI is InChI=1S/C13H23F2N3O4S/c14-13(15)23(20,21)18-4-1-10(2-5-18)8-17-12(19)7-11-9-22-6-3-16-11/h10-11,13,16H,1-9H2,(H,17,19). The van der Waals surface area contributed by atoms with Crippen LogP contribution in [0.5, 0.6) is 0 Å². The van der Waals surface area contributed by atoms with Crippen molar-refractivity contribution in [3.8, 4) is 0 Å². The first-order valence-corrected chi connectivity index (χ1v) is 9.25. The topological polar surface area (TPSA) is 87.7 Å². The van der Waals surface area contributed by atoms with E-state index in [9.17, 15) is 22.0 Å². The van der Waals surface area contributed by atoms with Crippen molar-refractivity contribution in [2.24, 2.45) is 5.92 Å². The molecule has 10 heteroatoms. The van der Waals surface area contributed by atoms with Gasteiger partial charge in [0.2, 0.25) is 5.91 Å². The van der Waals surface area contributed by atoms with E-state index < -0.39 is 15.8 Å². The van der Waals surface area contributed by atoms with Gasteiger partial charge in [0.05, 0.1) is 13.2 Å². The SMILES string of the molecule is O=C(CC1COCCN1)NCC1CCN(S(=O)(=O)C(F)F)CC1. The van der Waals surface area contributed by atoms with Gasteiger partial charge in [0, 0.05) is 38.6 Å². The lowest BCUT2D eigenvalue weighted by molar-refractivity contribution is -0.122. The van der Waals surface area contributed by atoms with Crippen LogP contribution in [0.2, 0.25) is 0 Å². The molecule has 7 nitrogen and oxygen atoms in total. The number of ether oxygens (including phenoxy) is 1. The quantitative estimate of drug-likeness (QED) is 0.686. The number of rotatable bonds is 6. The summed E-state index contributed by atoms with van der Waals surface area (Å²) in [6.07, 6.45) is 1.27. The lowest BCUT2D eigenvalue weighted by Gasteiger charge is -2.31. The van der Waals surface area contributed by atoms with Crippen molar-refractivity contribution in [1.82, 2.24) is 14.9 Å². The Hall–Kier alpha value is -0.840. The fourth-order valence-electron chi connectivity index (χ4n) is 2.79. The monoisotopic (exact) mass is 355 g/mol. The number of nitrogens with one attached hydrogen (secondary N) is 2. The number of carbonyl (C=O) groups is 1. The van der Waals surface area contributed by atoms with Gasteiger partial charge < -0.3 is 15.4 Å². The van der Waals surface area contributed by atoms with Gasteiger partial charge in [0.15, 0.2) is 0 Å². The molecule has 2 aliphatic rings. The lowest BCUT2D eigenvalue weighted by atomic mass is 9.98. The molecule has 0 bridgehead atoms. The predicted molar refractivity (Wildman–Crippen MR) is 79.5 cm³/mol. The molecule has 2 fully saturated rings. The molecule has 134 valence electrons. The van der Waals surface area contributed by atoms with E-state index in [1.165, 1.54) is 0 Å². The Labute approximate surface area is 134 Å². The van der Waals surface area contributed by atoms with E-state index in [0.29, 0.717) is 39.0 Å². The highest BCUT2D eigenvalue weighted by molar-refractivity contribution is 7.89. The molecule has 23 heavy (non-hydrogen) atoms. The summed E-state index contributed by atoms with van der Waals surface area (Å²) in [5.74, 6) is -3.35. The third-order valence-corrected chi connectivity index (χ3v) is 5.71. The van der Waals surface area contributed by atoms with Gasteiger partial charge in [-0.1, -0.05) is 0 Å². The van der Waals surface area contributed by atoms with Crippen molar-refractivity contribution in [3.05, 3.63) is 0 Å². The van der Waals surface area contributed by atoms with Crippen molar-refractivity contribution in [2.75, 3.05) is 39.4 Å². The van der Waals surface area contributed by atoms with Gasteiger partial charge in [0.25, 0.3) is 10.0 Å². The second-order valence-electron chi connectivity index (χ2n) is 5.88. The summed E-state index contributed by atoms with van der Waals surface area (Å²) in [6, 6.07) is 0.0155. The molecule has 1 atom stereocenters. The minimum absolute atomic E-state index is 0.0155. The zero-order valence-corrected chi connectivity index (χ0v) is 13.7. The van der Waals surface area contributed by atoms with Crippen molar-refractivity contribution in [2.45, 2.75) is 31.1 Å². The number of halogens is 2. The highest BCUT2D eigenvalue weighted by Gasteiger charge is 2.34. The Bertz CT molecular complexity index is 489. The van der Waals surface area contributed by atoms with E-state index >= 15 is 0 Å². The first-order chi connectivity index (χ1) is 10.9. The molecule has 2 aliphatic heterocycles. The van der Waals surface area contributed by atoms with Gasteiger partial charge in [-0.2, -0.15) is 13.1 Å². The van der Waals surface area contributed by atoms with E-state index in [2.05, 4.69) is 10.6 Å². The number of morpholine rings is 1. The Kier molecular flexibility index (Phi) is 6.69. The van der Waals surface area contributed by atoms with Crippen LogP contribution in [0.3, 0.4) is 0 Å². The number of alkyl halides is 2. The number of carbonyl (C=O) groups excluding carboxylic acids is 1. The van der Waals surface area contributed by atoms with Crippen LogP contribution in [0.1, 0.15) is 19.3 Å². The molecule has 2 saturated heterocycles. The van der Waals surface area contributed by atoms with Crippen LogP contribution < -0.4 is 10.6 Å². The molecular weight excluding hydrogens is 332 g/mol. The molecular formula is C13H23F2N3O4S. The van der Waals surface area contributed by atoms with Gasteiger partial charge in [-0.3, -0.25) is 4.79 Å². The molecule has 2 N–H and O–H groups in total. The molecule has 1 unspecified atom stereocenters. The fourth-order valence-corrected chi connectivity index (χ4v) is 3.73. The zero-order chi connectivity index (χ0) is 16.9. The van der Waals surface area contributed by atoms with Crippen LogP contribution in [0.25, 0.3) is 0 Å². The average Bonchev–Trinajstić information content (AvgIpc) is 2.54. The van der Waals surface area contributed by atoms with Crippen LogP contribution in [0, 0.1) is 5.92 Å². The third kappa shape index (κ3) is 5.33. The molecule has 0 radical (unpaired) electrons. The third-order valence-electron chi connectivity index (χ3n) is 4.18. The first-order valence-electron chi connectivity index (χ1n) is 7.74. The Balaban J connectivity index is 1.67. The summed E-state index contributed by atoms with van der Waals surface area (Å²) in [7, 11) is -4.48.